The molecule has 1 rings (SSSR count). The lowest BCUT2D eigenvalue weighted by Crippen LogP contribution is -2.50. The Kier molecular flexibility index (Phi) is 1.84. The van der Waals surface area contributed by atoms with E-state index in [1.165, 1.54) is 5.57 Å². The first-order valence-corrected chi connectivity index (χ1v) is 3.52. The number of rotatable bonds is 1. The molecule has 58 valence electrons. The summed E-state index contributed by atoms with van der Waals surface area (Å²) in [6.07, 6.45) is 2.21. The van der Waals surface area contributed by atoms with Gasteiger partial charge in [0.05, 0.1) is 0 Å². The molecule has 0 aromatic heterocycles. The van der Waals surface area contributed by atoms with Crippen molar-refractivity contribution in [1.29, 1.82) is 0 Å². The van der Waals surface area contributed by atoms with E-state index in [1.807, 2.05) is 13.8 Å². The molecule has 0 N–H and O–H groups in total. The van der Waals surface area contributed by atoms with Gasteiger partial charge in [-0.05, 0) is 27.7 Å². The molecule has 0 amide bonds. The molecule has 0 aliphatic carbocycles. The molecule has 0 aromatic rings. The molecule has 0 aromatic carbocycles. The van der Waals surface area contributed by atoms with Gasteiger partial charge in [-0.15, -0.1) is 0 Å². The molecular formula is C8H14O2. The molecule has 1 saturated heterocycles. The van der Waals surface area contributed by atoms with Crippen molar-refractivity contribution in [2.24, 2.45) is 0 Å². The van der Waals surface area contributed by atoms with Crippen molar-refractivity contribution in [3.05, 3.63) is 11.6 Å². The van der Waals surface area contributed by atoms with Crippen molar-refractivity contribution in [2.75, 3.05) is 0 Å². The summed E-state index contributed by atoms with van der Waals surface area (Å²) < 4.78 is 0. The standard InChI is InChI=1S/C8H14O2/c1-6(2)5-7-8(3,4)10-9-7/h5,7H,1-4H3. The zero-order valence-corrected chi connectivity index (χ0v) is 6.97. The third-order valence-electron chi connectivity index (χ3n) is 1.54. The fourth-order valence-corrected chi connectivity index (χ4v) is 0.827. The Balaban J connectivity index is 2.53. The van der Waals surface area contributed by atoms with Crippen molar-refractivity contribution < 1.29 is 9.78 Å². The Morgan fingerprint density at radius 3 is 2.10 bits per heavy atom. The number of hydrogen-bond donors (Lipinski definition) is 0. The Morgan fingerprint density at radius 2 is 2.00 bits per heavy atom. The van der Waals surface area contributed by atoms with E-state index in [4.69, 9.17) is 9.78 Å². The molecule has 1 aliphatic rings. The molecule has 0 bridgehead atoms. The zero-order valence-electron chi connectivity index (χ0n) is 6.97. The van der Waals surface area contributed by atoms with Crippen LogP contribution in [0, 0.1) is 0 Å². The lowest BCUT2D eigenvalue weighted by atomic mass is 9.98. The highest BCUT2D eigenvalue weighted by Gasteiger charge is 2.41. The first kappa shape index (κ1) is 7.76. The third-order valence-corrected chi connectivity index (χ3v) is 1.54. The smallest absolute Gasteiger partial charge is 0.143 e. The van der Waals surface area contributed by atoms with Gasteiger partial charge in [-0.25, -0.2) is 9.78 Å². The van der Waals surface area contributed by atoms with Gasteiger partial charge >= 0.3 is 0 Å². The molecule has 2 heteroatoms. The maximum atomic E-state index is 4.89. The van der Waals surface area contributed by atoms with Crippen LogP contribution in [0.1, 0.15) is 27.7 Å². The van der Waals surface area contributed by atoms with Gasteiger partial charge in [0, 0.05) is 0 Å². The van der Waals surface area contributed by atoms with E-state index >= 15 is 0 Å². The van der Waals surface area contributed by atoms with E-state index in [0.717, 1.165) is 0 Å². The molecule has 0 saturated carbocycles. The first-order chi connectivity index (χ1) is 4.52. The highest BCUT2D eigenvalue weighted by molar-refractivity contribution is 5.05. The van der Waals surface area contributed by atoms with Gasteiger partial charge in [0.1, 0.15) is 11.7 Å². The van der Waals surface area contributed by atoms with E-state index in [0.29, 0.717) is 0 Å². The van der Waals surface area contributed by atoms with Crippen molar-refractivity contribution in [1.82, 2.24) is 0 Å². The summed E-state index contributed by atoms with van der Waals surface area (Å²) in [7, 11) is 0. The van der Waals surface area contributed by atoms with E-state index in [9.17, 15) is 0 Å². The summed E-state index contributed by atoms with van der Waals surface area (Å²) in [6, 6.07) is 0. The van der Waals surface area contributed by atoms with Crippen LogP contribution in [0.25, 0.3) is 0 Å². The van der Waals surface area contributed by atoms with Gasteiger partial charge in [-0.2, -0.15) is 0 Å². The highest BCUT2D eigenvalue weighted by atomic mass is 17.3. The number of hydrogen-bond acceptors (Lipinski definition) is 2. The average Bonchev–Trinajstić information content (AvgIpc) is 1.81. The lowest BCUT2D eigenvalue weighted by molar-refractivity contribution is -0.488. The Morgan fingerprint density at radius 1 is 1.40 bits per heavy atom. The Labute approximate surface area is 61.8 Å². The van der Waals surface area contributed by atoms with Crippen molar-refractivity contribution >= 4 is 0 Å². The summed E-state index contributed by atoms with van der Waals surface area (Å²) in [5.74, 6) is 0. The average molecular weight is 142 g/mol. The second kappa shape index (κ2) is 2.36. The second-order valence-electron chi connectivity index (χ2n) is 3.45. The van der Waals surface area contributed by atoms with Crippen LogP contribution in [0.3, 0.4) is 0 Å². The monoisotopic (exact) mass is 142 g/mol. The molecule has 1 fully saturated rings. The van der Waals surface area contributed by atoms with Crippen LogP contribution in [0.15, 0.2) is 11.6 Å². The summed E-state index contributed by atoms with van der Waals surface area (Å²) in [6.45, 7) is 8.14. The molecule has 1 unspecified atom stereocenters. The fourth-order valence-electron chi connectivity index (χ4n) is 0.827. The minimum absolute atomic E-state index is 0.128. The minimum Gasteiger partial charge on any atom is -0.227 e. The topological polar surface area (TPSA) is 18.5 Å². The van der Waals surface area contributed by atoms with Crippen LogP contribution in [-0.2, 0) is 9.78 Å². The third kappa shape index (κ3) is 1.39. The molecule has 0 spiro atoms. The predicted molar refractivity (Wildman–Crippen MR) is 39.5 cm³/mol. The summed E-state index contributed by atoms with van der Waals surface area (Å²) in [5.41, 5.74) is 1.14. The molecule has 1 aliphatic heterocycles. The van der Waals surface area contributed by atoms with Crippen molar-refractivity contribution in [3.63, 3.8) is 0 Å². The Bertz CT molecular complexity index is 155. The van der Waals surface area contributed by atoms with Crippen LogP contribution < -0.4 is 0 Å². The zero-order chi connectivity index (χ0) is 7.78. The van der Waals surface area contributed by atoms with E-state index in [1.54, 1.807) is 0 Å². The van der Waals surface area contributed by atoms with Crippen molar-refractivity contribution in [2.45, 2.75) is 39.4 Å². The maximum absolute atomic E-state index is 4.89. The van der Waals surface area contributed by atoms with Gasteiger partial charge < -0.3 is 0 Å². The lowest BCUT2D eigenvalue weighted by Gasteiger charge is -2.40. The minimum atomic E-state index is -0.128. The molecular weight excluding hydrogens is 128 g/mol. The van der Waals surface area contributed by atoms with E-state index in [2.05, 4.69) is 19.9 Å². The Hall–Kier alpha value is -0.340. The first-order valence-electron chi connectivity index (χ1n) is 3.52. The molecule has 10 heavy (non-hydrogen) atoms. The predicted octanol–water partition coefficient (Wildman–Crippen LogP) is 2.06. The van der Waals surface area contributed by atoms with Gasteiger partial charge in [-0.1, -0.05) is 11.6 Å². The quantitative estimate of drug-likeness (QED) is 0.412. The van der Waals surface area contributed by atoms with Gasteiger partial charge in [-0.3, -0.25) is 0 Å². The number of allylic oxidation sites excluding steroid dienone is 1. The normalized spacial score (nSPS) is 29.0. The van der Waals surface area contributed by atoms with Crippen LogP contribution >= 0.6 is 0 Å². The summed E-state index contributed by atoms with van der Waals surface area (Å²) in [5, 5.41) is 0. The molecule has 1 heterocycles. The maximum Gasteiger partial charge on any atom is 0.143 e. The highest BCUT2D eigenvalue weighted by Crippen LogP contribution is 2.30. The largest absolute Gasteiger partial charge is 0.227 e. The van der Waals surface area contributed by atoms with Crippen LogP contribution in [0.2, 0.25) is 0 Å². The fraction of sp³-hybridized carbons (Fsp3) is 0.750. The van der Waals surface area contributed by atoms with Gasteiger partial charge in [0.2, 0.25) is 0 Å². The van der Waals surface area contributed by atoms with Crippen LogP contribution in [0.4, 0.5) is 0 Å². The molecule has 0 radical (unpaired) electrons. The summed E-state index contributed by atoms with van der Waals surface area (Å²) in [4.78, 5) is 9.77. The van der Waals surface area contributed by atoms with Gasteiger partial charge in [0.25, 0.3) is 0 Å². The van der Waals surface area contributed by atoms with Crippen LogP contribution in [-0.4, -0.2) is 11.7 Å². The van der Waals surface area contributed by atoms with E-state index in [-0.39, 0.29) is 11.7 Å². The molecule has 2 nitrogen and oxygen atoms in total. The second-order valence-corrected chi connectivity index (χ2v) is 3.45. The SMILES string of the molecule is CC(C)=CC1OOC1(C)C. The van der Waals surface area contributed by atoms with Gasteiger partial charge in [0.15, 0.2) is 0 Å². The summed E-state index contributed by atoms with van der Waals surface area (Å²) >= 11 is 0. The van der Waals surface area contributed by atoms with Crippen LogP contribution in [0.5, 0.6) is 0 Å². The van der Waals surface area contributed by atoms with E-state index < -0.39 is 0 Å². The molecule has 1 atom stereocenters. The van der Waals surface area contributed by atoms with Crippen molar-refractivity contribution in [3.8, 4) is 0 Å².